The predicted molar refractivity (Wildman–Crippen MR) is 92.2 cm³/mol. The Morgan fingerprint density at radius 1 is 1.32 bits per heavy atom. The zero-order chi connectivity index (χ0) is 17.8. The number of benzene rings is 2. The van der Waals surface area contributed by atoms with Gasteiger partial charge >= 0.3 is 0 Å². The first kappa shape index (κ1) is 17.0. The van der Waals surface area contributed by atoms with Crippen molar-refractivity contribution in [1.82, 2.24) is 4.98 Å². The molecular formula is C18H14ClFN2O3. The summed E-state index contributed by atoms with van der Waals surface area (Å²) in [6.07, 6.45) is 2.98. The fourth-order valence-corrected chi connectivity index (χ4v) is 2.56. The van der Waals surface area contributed by atoms with E-state index < -0.39 is 5.82 Å². The van der Waals surface area contributed by atoms with Gasteiger partial charge < -0.3 is 14.5 Å². The molecule has 0 bridgehead atoms. The Morgan fingerprint density at radius 2 is 2.16 bits per heavy atom. The summed E-state index contributed by atoms with van der Waals surface area (Å²) < 4.78 is 23.8. The summed E-state index contributed by atoms with van der Waals surface area (Å²) in [6, 6.07) is 9.38. The molecule has 0 fully saturated rings. The number of amides is 1. The minimum absolute atomic E-state index is 0.0108. The summed E-state index contributed by atoms with van der Waals surface area (Å²) in [5, 5.41) is 2.76. The Labute approximate surface area is 148 Å². The molecule has 2 aromatic carbocycles. The van der Waals surface area contributed by atoms with Gasteiger partial charge in [0.15, 0.2) is 12.2 Å². The van der Waals surface area contributed by atoms with Crippen molar-refractivity contribution in [2.24, 2.45) is 0 Å². The van der Waals surface area contributed by atoms with E-state index in [0.29, 0.717) is 22.8 Å². The van der Waals surface area contributed by atoms with Gasteiger partial charge in [-0.3, -0.25) is 4.79 Å². The number of carbonyl (C=O) groups is 1. The van der Waals surface area contributed by atoms with Gasteiger partial charge in [-0.05, 0) is 29.8 Å². The molecule has 0 aliphatic carbocycles. The third kappa shape index (κ3) is 3.97. The number of nitrogens with one attached hydrogen (secondary N) is 1. The molecule has 0 aliphatic rings. The van der Waals surface area contributed by atoms with Gasteiger partial charge in [-0.1, -0.05) is 17.7 Å². The Hall–Kier alpha value is -2.86. The summed E-state index contributed by atoms with van der Waals surface area (Å²) in [5.41, 5.74) is 1.91. The van der Waals surface area contributed by atoms with Gasteiger partial charge in [0, 0.05) is 11.8 Å². The van der Waals surface area contributed by atoms with Crippen molar-refractivity contribution < 1.29 is 18.3 Å². The first-order valence-electron chi connectivity index (χ1n) is 7.37. The van der Waals surface area contributed by atoms with Crippen LogP contribution in [0.3, 0.4) is 0 Å². The number of ether oxygens (including phenoxy) is 1. The minimum Gasteiger partial charge on any atom is -0.496 e. The number of carbonyl (C=O) groups excluding carboxylic acids is 1. The number of hydrogen-bond donors (Lipinski definition) is 1. The average molecular weight is 361 g/mol. The van der Waals surface area contributed by atoms with Crippen LogP contribution in [0.2, 0.25) is 5.02 Å². The zero-order valence-corrected chi connectivity index (χ0v) is 14.0. The van der Waals surface area contributed by atoms with E-state index in [4.69, 9.17) is 20.8 Å². The highest BCUT2D eigenvalue weighted by Gasteiger charge is 2.12. The van der Waals surface area contributed by atoms with E-state index in [-0.39, 0.29) is 17.4 Å². The fourth-order valence-electron chi connectivity index (χ4n) is 2.36. The highest BCUT2D eigenvalue weighted by atomic mass is 35.5. The molecule has 3 aromatic rings. The number of nitrogens with zero attached hydrogens (tertiary/aromatic N) is 1. The molecule has 0 spiro atoms. The predicted octanol–water partition coefficient (Wildman–Crippen LogP) is 4.32. The van der Waals surface area contributed by atoms with E-state index in [9.17, 15) is 9.18 Å². The number of hydrogen-bond acceptors (Lipinski definition) is 4. The van der Waals surface area contributed by atoms with Crippen molar-refractivity contribution in [2.75, 3.05) is 12.4 Å². The standard InChI is InChI=1S/C18H14ClFN2O3/c1-24-16-8-12(3-4-13(16)17-9-21-10-25-17)22-18(23)7-11-2-5-15(20)14(19)6-11/h2-6,8-10H,7H2,1H3,(H,22,23). The molecule has 5 nitrogen and oxygen atoms in total. The van der Waals surface area contributed by atoms with Crippen LogP contribution in [-0.4, -0.2) is 18.0 Å². The van der Waals surface area contributed by atoms with Crippen LogP contribution in [0.4, 0.5) is 10.1 Å². The third-order valence-corrected chi connectivity index (χ3v) is 3.82. The van der Waals surface area contributed by atoms with E-state index >= 15 is 0 Å². The molecule has 1 N–H and O–H groups in total. The number of methoxy groups -OCH3 is 1. The molecule has 0 atom stereocenters. The van der Waals surface area contributed by atoms with Gasteiger partial charge in [-0.15, -0.1) is 0 Å². The maximum absolute atomic E-state index is 13.2. The van der Waals surface area contributed by atoms with Gasteiger partial charge in [-0.2, -0.15) is 0 Å². The second-order valence-corrected chi connectivity index (χ2v) is 5.66. The van der Waals surface area contributed by atoms with Crippen LogP contribution in [0, 0.1) is 5.82 Å². The highest BCUT2D eigenvalue weighted by Crippen LogP contribution is 2.32. The first-order chi connectivity index (χ1) is 12.1. The molecule has 0 radical (unpaired) electrons. The zero-order valence-electron chi connectivity index (χ0n) is 13.3. The number of rotatable bonds is 5. The average Bonchev–Trinajstić information content (AvgIpc) is 3.12. The van der Waals surface area contributed by atoms with Crippen molar-refractivity contribution >= 4 is 23.2 Å². The molecule has 128 valence electrons. The SMILES string of the molecule is COc1cc(NC(=O)Cc2ccc(F)c(Cl)c2)ccc1-c1cnco1. The van der Waals surface area contributed by atoms with E-state index in [1.54, 1.807) is 24.4 Å². The van der Waals surface area contributed by atoms with Gasteiger partial charge in [0.25, 0.3) is 0 Å². The number of aromatic nitrogens is 1. The summed E-state index contributed by atoms with van der Waals surface area (Å²) in [7, 11) is 1.53. The fraction of sp³-hybridized carbons (Fsp3) is 0.111. The number of oxazole rings is 1. The second kappa shape index (κ2) is 7.36. The lowest BCUT2D eigenvalue weighted by molar-refractivity contribution is -0.115. The summed E-state index contributed by atoms with van der Waals surface area (Å²) in [6.45, 7) is 0. The van der Waals surface area contributed by atoms with Crippen LogP contribution in [-0.2, 0) is 11.2 Å². The highest BCUT2D eigenvalue weighted by molar-refractivity contribution is 6.30. The summed E-state index contributed by atoms with van der Waals surface area (Å²) in [4.78, 5) is 16.0. The van der Waals surface area contributed by atoms with E-state index in [2.05, 4.69) is 10.3 Å². The topological polar surface area (TPSA) is 64.4 Å². The van der Waals surface area contributed by atoms with Crippen LogP contribution in [0.1, 0.15) is 5.56 Å². The van der Waals surface area contributed by atoms with Gasteiger partial charge in [0.2, 0.25) is 5.91 Å². The lowest BCUT2D eigenvalue weighted by Gasteiger charge is -2.10. The molecule has 0 unspecified atom stereocenters. The van der Waals surface area contributed by atoms with E-state index in [1.807, 2.05) is 0 Å². The molecule has 1 amide bonds. The van der Waals surface area contributed by atoms with E-state index in [0.717, 1.165) is 5.56 Å². The lowest BCUT2D eigenvalue weighted by Crippen LogP contribution is -2.14. The quantitative estimate of drug-likeness (QED) is 0.735. The van der Waals surface area contributed by atoms with Crippen LogP contribution in [0.5, 0.6) is 5.75 Å². The normalized spacial score (nSPS) is 10.5. The number of anilines is 1. The van der Waals surface area contributed by atoms with Crippen LogP contribution in [0.25, 0.3) is 11.3 Å². The Kier molecular flexibility index (Phi) is 5.00. The van der Waals surface area contributed by atoms with E-state index in [1.165, 1.54) is 31.7 Å². The van der Waals surface area contributed by atoms with Crippen LogP contribution >= 0.6 is 11.6 Å². The minimum atomic E-state index is -0.515. The molecule has 3 rings (SSSR count). The molecule has 1 heterocycles. The van der Waals surface area contributed by atoms with Gasteiger partial charge in [0.1, 0.15) is 11.6 Å². The summed E-state index contributed by atoms with van der Waals surface area (Å²) in [5.74, 6) is 0.339. The van der Waals surface area contributed by atoms with Gasteiger partial charge in [-0.25, -0.2) is 9.37 Å². The first-order valence-corrected chi connectivity index (χ1v) is 7.75. The maximum Gasteiger partial charge on any atom is 0.228 e. The van der Waals surface area contributed by atoms with Crippen molar-refractivity contribution in [2.45, 2.75) is 6.42 Å². The molecule has 0 saturated carbocycles. The van der Waals surface area contributed by atoms with Crippen molar-refractivity contribution in [3.63, 3.8) is 0 Å². The molecule has 0 aliphatic heterocycles. The van der Waals surface area contributed by atoms with Crippen molar-refractivity contribution in [3.05, 3.63) is 65.4 Å². The summed E-state index contributed by atoms with van der Waals surface area (Å²) >= 11 is 5.73. The molecule has 1 aromatic heterocycles. The molecular weight excluding hydrogens is 347 g/mol. The monoisotopic (exact) mass is 360 g/mol. The molecule has 0 saturated heterocycles. The maximum atomic E-state index is 13.2. The Morgan fingerprint density at radius 3 is 2.84 bits per heavy atom. The second-order valence-electron chi connectivity index (χ2n) is 5.25. The Balaban J connectivity index is 1.74. The Bertz CT molecular complexity index is 897. The third-order valence-electron chi connectivity index (χ3n) is 3.53. The van der Waals surface area contributed by atoms with Crippen LogP contribution in [0.15, 0.2) is 53.4 Å². The van der Waals surface area contributed by atoms with Gasteiger partial charge in [0.05, 0.1) is 30.3 Å². The smallest absolute Gasteiger partial charge is 0.228 e. The van der Waals surface area contributed by atoms with Crippen molar-refractivity contribution in [1.29, 1.82) is 0 Å². The lowest BCUT2D eigenvalue weighted by atomic mass is 10.1. The molecule has 25 heavy (non-hydrogen) atoms. The van der Waals surface area contributed by atoms with Crippen LogP contribution < -0.4 is 10.1 Å². The molecule has 7 heteroatoms. The largest absolute Gasteiger partial charge is 0.496 e. The number of halogens is 2. The van der Waals surface area contributed by atoms with Crippen molar-refractivity contribution in [3.8, 4) is 17.1 Å².